The summed E-state index contributed by atoms with van der Waals surface area (Å²) in [5, 5.41) is -1.16. The summed E-state index contributed by atoms with van der Waals surface area (Å²) in [6.45, 7) is 2.23. The molecule has 0 heterocycles. The first-order valence-corrected chi connectivity index (χ1v) is 9.88. The maximum absolute atomic E-state index is 10.9. The fourth-order valence-electron chi connectivity index (χ4n) is 2.41. The minimum absolute atomic E-state index is 0. The molecule has 0 amide bonds. The van der Waals surface area contributed by atoms with Crippen molar-refractivity contribution in [2.45, 2.75) is 96.8 Å². The Morgan fingerprint density at radius 3 is 1.36 bits per heavy atom. The molecule has 0 fully saturated rings. The van der Waals surface area contributed by atoms with Gasteiger partial charge in [-0.2, -0.15) is 0 Å². The fraction of sp³-hybridized carbons (Fsp3) is 0.938. The minimum Gasteiger partial charge on any atom is -0.742 e. The molecular weight excluding hydrogens is 327 g/mol. The maximum Gasteiger partial charge on any atom is 1.00 e. The topological polar surface area (TPSA) is 74.3 Å². The van der Waals surface area contributed by atoms with Gasteiger partial charge in [-0.25, -0.2) is 8.42 Å². The average Bonchev–Trinajstić information content (AvgIpc) is 2.42. The molecule has 0 N–H and O–H groups in total. The number of carbonyl (C=O) groups is 1. The molecule has 0 rings (SSSR count). The van der Waals surface area contributed by atoms with E-state index in [-0.39, 0.29) is 57.8 Å². The van der Waals surface area contributed by atoms with Crippen molar-refractivity contribution in [3.8, 4) is 0 Å². The predicted octanol–water partition coefficient (Wildman–Crippen LogP) is 1.54. The Morgan fingerprint density at radius 1 is 0.727 bits per heavy atom. The molecule has 0 aromatic rings. The summed E-state index contributed by atoms with van der Waals surface area (Å²) in [6, 6.07) is 0. The second kappa shape index (κ2) is 17.1. The molecule has 126 valence electrons. The van der Waals surface area contributed by atoms with Crippen molar-refractivity contribution in [1.82, 2.24) is 0 Å². The summed E-state index contributed by atoms with van der Waals surface area (Å²) >= 11 is 0. The number of carbonyl (C=O) groups excluding carboxylic acids is 1. The van der Waals surface area contributed by atoms with Crippen LogP contribution in [0.3, 0.4) is 0 Å². The zero-order chi connectivity index (χ0) is 16.0. The van der Waals surface area contributed by atoms with Crippen molar-refractivity contribution in [2.24, 2.45) is 0 Å². The van der Waals surface area contributed by atoms with Gasteiger partial charge < -0.3 is 4.55 Å². The van der Waals surface area contributed by atoms with Gasteiger partial charge in [0.15, 0.2) is 10.1 Å². The van der Waals surface area contributed by atoms with Crippen LogP contribution in [0.5, 0.6) is 0 Å². The van der Waals surface area contributed by atoms with Gasteiger partial charge in [-0.1, -0.05) is 84.0 Å². The third-order valence-electron chi connectivity index (χ3n) is 3.76. The van der Waals surface area contributed by atoms with Crippen LogP contribution >= 0.6 is 0 Å². The van der Waals surface area contributed by atoms with E-state index in [0.29, 0.717) is 6.42 Å². The Balaban J connectivity index is 0. The molecular formula is C16H31KO4S. The quantitative estimate of drug-likeness (QED) is 0.268. The molecule has 0 aliphatic rings. The first-order valence-electron chi connectivity index (χ1n) is 8.47. The van der Waals surface area contributed by atoms with Crippen LogP contribution < -0.4 is 51.4 Å². The van der Waals surface area contributed by atoms with Crippen molar-refractivity contribution in [3.05, 3.63) is 0 Å². The van der Waals surface area contributed by atoms with Crippen LogP contribution in [0.15, 0.2) is 0 Å². The molecule has 0 saturated carbocycles. The van der Waals surface area contributed by atoms with Gasteiger partial charge in [0.25, 0.3) is 0 Å². The predicted molar refractivity (Wildman–Crippen MR) is 85.0 cm³/mol. The molecule has 0 aromatic carbocycles. The van der Waals surface area contributed by atoms with Crippen LogP contribution in [0.25, 0.3) is 0 Å². The summed E-state index contributed by atoms with van der Waals surface area (Å²) in [5.41, 5.74) is 0. The van der Waals surface area contributed by atoms with Crippen LogP contribution in [0.2, 0.25) is 0 Å². The molecule has 0 spiro atoms. The third-order valence-corrected chi connectivity index (χ3v) is 4.53. The van der Waals surface area contributed by atoms with E-state index >= 15 is 0 Å². The molecule has 22 heavy (non-hydrogen) atoms. The van der Waals surface area contributed by atoms with E-state index in [0.717, 1.165) is 19.3 Å². The summed E-state index contributed by atoms with van der Waals surface area (Å²) < 4.78 is 31.1. The van der Waals surface area contributed by atoms with Crippen molar-refractivity contribution in [1.29, 1.82) is 0 Å². The second-order valence-corrected chi connectivity index (χ2v) is 7.18. The molecule has 0 unspecified atom stereocenters. The van der Waals surface area contributed by atoms with Crippen molar-refractivity contribution < 1.29 is 69.1 Å². The van der Waals surface area contributed by atoms with Crippen molar-refractivity contribution in [3.63, 3.8) is 0 Å². The summed E-state index contributed by atoms with van der Waals surface area (Å²) in [5.74, 6) is 0. The number of unbranched alkanes of at least 4 members (excludes halogenated alkanes) is 12. The Labute approximate surface area is 179 Å². The van der Waals surface area contributed by atoms with E-state index in [1.54, 1.807) is 0 Å². The van der Waals surface area contributed by atoms with E-state index in [2.05, 4.69) is 6.92 Å². The molecule has 0 aliphatic carbocycles. The largest absolute Gasteiger partial charge is 1.00 e. The molecule has 4 nitrogen and oxygen atoms in total. The molecule has 0 atom stereocenters. The van der Waals surface area contributed by atoms with Crippen LogP contribution in [-0.4, -0.2) is 18.1 Å². The minimum atomic E-state index is -4.71. The van der Waals surface area contributed by atoms with Crippen molar-refractivity contribution in [2.75, 3.05) is 0 Å². The number of hydrogen-bond donors (Lipinski definition) is 0. The van der Waals surface area contributed by atoms with Crippen molar-refractivity contribution >= 4 is 15.2 Å². The van der Waals surface area contributed by atoms with Crippen LogP contribution in [-0.2, 0) is 14.9 Å². The summed E-state index contributed by atoms with van der Waals surface area (Å²) in [7, 11) is -4.71. The third kappa shape index (κ3) is 17.6. The molecule has 0 aromatic heterocycles. The van der Waals surface area contributed by atoms with Crippen LogP contribution in [0, 0.1) is 0 Å². The van der Waals surface area contributed by atoms with Gasteiger partial charge >= 0.3 is 51.4 Å². The van der Waals surface area contributed by atoms with Gasteiger partial charge in [-0.05, 0) is 6.42 Å². The van der Waals surface area contributed by atoms with Gasteiger partial charge in [0.1, 0.15) is 0 Å². The Morgan fingerprint density at radius 2 is 1.05 bits per heavy atom. The molecule has 0 saturated heterocycles. The molecule has 0 radical (unpaired) electrons. The zero-order valence-electron chi connectivity index (χ0n) is 14.4. The normalized spacial score (nSPS) is 11.2. The van der Waals surface area contributed by atoms with E-state index < -0.39 is 15.2 Å². The monoisotopic (exact) mass is 358 g/mol. The summed E-state index contributed by atoms with van der Waals surface area (Å²) in [4.78, 5) is 10.9. The SMILES string of the molecule is CCCCCCCCCCCCCCCC(=O)S(=O)(=O)[O-].[K+]. The van der Waals surface area contributed by atoms with Gasteiger partial charge in [-0.15, -0.1) is 0 Å². The fourth-order valence-corrected chi connectivity index (χ4v) is 2.81. The van der Waals surface area contributed by atoms with Crippen LogP contribution in [0.1, 0.15) is 96.8 Å². The average molecular weight is 359 g/mol. The number of rotatable bonds is 14. The first kappa shape index (κ1) is 25.5. The second-order valence-electron chi connectivity index (χ2n) is 5.82. The van der Waals surface area contributed by atoms with E-state index in [1.165, 1.54) is 57.8 Å². The van der Waals surface area contributed by atoms with Gasteiger partial charge in [-0.3, -0.25) is 4.79 Å². The Kier molecular flexibility index (Phi) is 19.7. The smallest absolute Gasteiger partial charge is 0.742 e. The first-order chi connectivity index (χ1) is 9.98. The summed E-state index contributed by atoms with van der Waals surface area (Å²) in [6.07, 6.45) is 15.2. The molecule has 6 heteroatoms. The van der Waals surface area contributed by atoms with Gasteiger partial charge in [0, 0.05) is 6.42 Å². The molecule has 0 aliphatic heterocycles. The van der Waals surface area contributed by atoms with E-state index in [1.807, 2.05) is 0 Å². The Bertz CT molecular complexity index is 355. The van der Waals surface area contributed by atoms with E-state index in [9.17, 15) is 17.8 Å². The standard InChI is InChI=1S/C16H32O4S.K/c1-2-3-4-5-6-7-8-9-10-11-12-13-14-15-16(17)21(18,19)20;/h2-15H2,1H3,(H,18,19,20);/q;+1/p-1. The zero-order valence-corrected chi connectivity index (χ0v) is 18.4. The van der Waals surface area contributed by atoms with Gasteiger partial charge in [0.05, 0.1) is 0 Å². The van der Waals surface area contributed by atoms with Gasteiger partial charge in [0.2, 0.25) is 5.12 Å². The Hall–Kier alpha value is 1.22. The maximum atomic E-state index is 10.9. The number of hydrogen-bond acceptors (Lipinski definition) is 4. The molecule has 0 bridgehead atoms. The van der Waals surface area contributed by atoms with Crippen LogP contribution in [0.4, 0.5) is 0 Å². The van der Waals surface area contributed by atoms with E-state index in [4.69, 9.17) is 0 Å².